The smallest absolute Gasteiger partial charge is 0.191 e. The van der Waals surface area contributed by atoms with Crippen LogP contribution >= 0.6 is 24.0 Å². The maximum atomic E-state index is 5.49. The van der Waals surface area contributed by atoms with Gasteiger partial charge in [0, 0.05) is 38.6 Å². The number of nitrogens with one attached hydrogen (secondary N) is 2. The van der Waals surface area contributed by atoms with Gasteiger partial charge in [-0.1, -0.05) is 12.1 Å². The summed E-state index contributed by atoms with van der Waals surface area (Å²) in [4.78, 5) is 7.04. The third kappa shape index (κ3) is 6.05. The molecule has 1 saturated heterocycles. The van der Waals surface area contributed by atoms with Crippen LogP contribution in [0.3, 0.4) is 0 Å². The highest BCUT2D eigenvalue weighted by molar-refractivity contribution is 14.0. The van der Waals surface area contributed by atoms with E-state index >= 15 is 0 Å². The van der Waals surface area contributed by atoms with Gasteiger partial charge in [-0.15, -0.1) is 24.0 Å². The van der Waals surface area contributed by atoms with Crippen molar-refractivity contribution in [3.63, 3.8) is 0 Å². The second-order valence-electron chi connectivity index (χ2n) is 6.34. The van der Waals surface area contributed by atoms with E-state index in [1.807, 2.05) is 24.3 Å². The standard InChI is InChI=1S/C20H28N4O2.HI/c1-3-21-20(22-12-10-17-7-6-14-26-17)23-16-11-13-24(15-16)18-8-4-5-9-19(18)25-2;/h4-9,14,16H,3,10-13,15H2,1-2H3,(H2,21,22,23);1H. The quantitative estimate of drug-likeness (QED) is 0.359. The van der Waals surface area contributed by atoms with Gasteiger partial charge >= 0.3 is 0 Å². The number of furan rings is 1. The number of rotatable bonds is 7. The van der Waals surface area contributed by atoms with Gasteiger partial charge in [-0.3, -0.25) is 4.99 Å². The highest BCUT2D eigenvalue weighted by atomic mass is 127. The molecule has 148 valence electrons. The molecule has 2 aromatic rings. The molecule has 1 aromatic carbocycles. The summed E-state index contributed by atoms with van der Waals surface area (Å²) in [5, 5.41) is 6.89. The van der Waals surface area contributed by atoms with Crippen LogP contribution in [0.2, 0.25) is 0 Å². The molecule has 0 radical (unpaired) electrons. The number of nitrogens with zero attached hydrogens (tertiary/aromatic N) is 2. The van der Waals surface area contributed by atoms with Crippen molar-refractivity contribution in [3.05, 3.63) is 48.4 Å². The van der Waals surface area contributed by atoms with Crippen molar-refractivity contribution in [2.45, 2.75) is 25.8 Å². The minimum Gasteiger partial charge on any atom is -0.495 e. The topological polar surface area (TPSA) is 62.0 Å². The Morgan fingerprint density at radius 2 is 2.15 bits per heavy atom. The molecule has 0 aliphatic carbocycles. The van der Waals surface area contributed by atoms with Crippen LogP contribution in [-0.4, -0.2) is 45.3 Å². The van der Waals surface area contributed by atoms with Crippen LogP contribution in [0.5, 0.6) is 5.75 Å². The van der Waals surface area contributed by atoms with Gasteiger partial charge in [0.2, 0.25) is 0 Å². The van der Waals surface area contributed by atoms with Gasteiger partial charge in [0.15, 0.2) is 5.96 Å². The van der Waals surface area contributed by atoms with Crippen molar-refractivity contribution >= 4 is 35.6 Å². The van der Waals surface area contributed by atoms with E-state index in [-0.39, 0.29) is 24.0 Å². The van der Waals surface area contributed by atoms with E-state index in [1.165, 1.54) is 0 Å². The molecule has 0 saturated carbocycles. The number of aliphatic imine (C=N–C) groups is 1. The second-order valence-corrected chi connectivity index (χ2v) is 6.34. The lowest BCUT2D eigenvalue weighted by Gasteiger charge is -2.22. The molecule has 6 nitrogen and oxygen atoms in total. The van der Waals surface area contributed by atoms with Gasteiger partial charge in [-0.2, -0.15) is 0 Å². The third-order valence-electron chi connectivity index (χ3n) is 4.51. The van der Waals surface area contributed by atoms with Crippen molar-refractivity contribution < 1.29 is 9.15 Å². The van der Waals surface area contributed by atoms with Crippen molar-refractivity contribution in [3.8, 4) is 5.75 Å². The Morgan fingerprint density at radius 3 is 2.89 bits per heavy atom. The van der Waals surface area contributed by atoms with Crippen LogP contribution < -0.4 is 20.3 Å². The van der Waals surface area contributed by atoms with Crippen molar-refractivity contribution in [1.82, 2.24) is 10.6 Å². The number of ether oxygens (including phenoxy) is 1. The van der Waals surface area contributed by atoms with E-state index in [4.69, 9.17) is 9.15 Å². The molecular formula is C20H29IN4O2. The van der Waals surface area contributed by atoms with E-state index in [0.717, 1.165) is 55.6 Å². The number of guanidine groups is 1. The van der Waals surface area contributed by atoms with Gasteiger partial charge in [-0.05, 0) is 37.6 Å². The van der Waals surface area contributed by atoms with Crippen molar-refractivity contribution in [1.29, 1.82) is 0 Å². The predicted molar refractivity (Wildman–Crippen MR) is 121 cm³/mol. The highest BCUT2D eigenvalue weighted by Crippen LogP contribution is 2.30. The molecule has 1 unspecified atom stereocenters. The summed E-state index contributed by atoms with van der Waals surface area (Å²) in [7, 11) is 1.72. The van der Waals surface area contributed by atoms with E-state index < -0.39 is 0 Å². The molecule has 1 aliphatic rings. The van der Waals surface area contributed by atoms with Crippen LogP contribution in [0.1, 0.15) is 19.1 Å². The maximum Gasteiger partial charge on any atom is 0.191 e. The van der Waals surface area contributed by atoms with Crippen LogP contribution in [0.15, 0.2) is 52.1 Å². The molecule has 0 amide bonds. The Hall–Kier alpha value is -1.90. The van der Waals surface area contributed by atoms with Crippen LogP contribution in [0, 0.1) is 0 Å². The Balaban J connectivity index is 0.00000261. The van der Waals surface area contributed by atoms with E-state index in [9.17, 15) is 0 Å². The minimum atomic E-state index is 0. The van der Waals surface area contributed by atoms with Crippen LogP contribution in [0.25, 0.3) is 0 Å². The fourth-order valence-corrected chi connectivity index (χ4v) is 3.23. The molecule has 0 bridgehead atoms. The number of hydrogen-bond donors (Lipinski definition) is 2. The SMILES string of the molecule is CCNC(=NCCc1ccco1)NC1CCN(c2ccccc2OC)C1.I. The Labute approximate surface area is 178 Å². The maximum absolute atomic E-state index is 5.49. The zero-order chi connectivity index (χ0) is 18.2. The first-order chi connectivity index (χ1) is 12.8. The molecule has 2 N–H and O–H groups in total. The molecule has 1 aliphatic heterocycles. The number of anilines is 1. The molecule has 1 aromatic heterocycles. The van der Waals surface area contributed by atoms with E-state index in [1.54, 1.807) is 13.4 Å². The number of halogens is 1. The van der Waals surface area contributed by atoms with Gasteiger partial charge in [0.25, 0.3) is 0 Å². The zero-order valence-electron chi connectivity index (χ0n) is 16.0. The minimum absolute atomic E-state index is 0. The molecular weight excluding hydrogens is 455 g/mol. The molecule has 3 rings (SSSR count). The largest absolute Gasteiger partial charge is 0.495 e. The summed E-state index contributed by atoms with van der Waals surface area (Å²) >= 11 is 0. The monoisotopic (exact) mass is 484 g/mol. The average Bonchev–Trinajstić information content (AvgIpc) is 3.34. The first-order valence-electron chi connectivity index (χ1n) is 9.25. The Bertz CT molecular complexity index is 706. The van der Waals surface area contributed by atoms with E-state index in [2.05, 4.69) is 39.6 Å². The number of methoxy groups -OCH3 is 1. The Morgan fingerprint density at radius 1 is 1.30 bits per heavy atom. The summed E-state index contributed by atoms with van der Waals surface area (Å²) in [6, 6.07) is 12.4. The number of para-hydroxylation sites is 2. The van der Waals surface area contributed by atoms with Crippen molar-refractivity contribution in [2.75, 3.05) is 38.2 Å². The first kappa shape index (κ1) is 21.4. The lowest BCUT2D eigenvalue weighted by atomic mass is 10.2. The fraction of sp³-hybridized carbons (Fsp3) is 0.450. The molecule has 27 heavy (non-hydrogen) atoms. The summed E-state index contributed by atoms with van der Waals surface area (Å²) in [6.07, 6.45) is 3.58. The number of hydrogen-bond acceptors (Lipinski definition) is 4. The zero-order valence-corrected chi connectivity index (χ0v) is 18.3. The molecule has 1 atom stereocenters. The van der Waals surface area contributed by atoms with Gasteiger partial charge < -0.3 is 24.7 Å². The summed E-state index contributed by atoms with van der Waals surface area (Å²) in [6.45, 7) is 5.56. The van der Waals surface area contributed by atoms with Gasteiger partial charge in [0.05, 0.1) is 19.1 Å². The van der Waals surface area contributed by atoms with Gasteiger partial charge in [0.1, 0.15) is 11.5 Å². The second kappa shape index (κ2) is 11.1. The van der Waals surface area contributed by atoms with E-state index in [0.29, 0.717) is 12.6 Å². The van der Waals surface area contributed by atoms with Crippen LogP contribution in [0.4, 0.5) is 5.69 Å². The van der Waals surface area contributed by atoms with Gasteiger partial charge in [-0.25, -0.2) is 0 Å². The molecule has 2 heterocycles. The lowest BCUT2D eigenvalue weighted by molar-refractivity contribution is 0.415. The summed E-state index contributed by atoms with van der Waals surface area (Å²) in [5.41, 5.74) is 1.15. The third-order valence-corrected chi connectivity index (χ3v) is 4.51. The molecule has 1 fully saturated rings. The normalized spacial score (nSPS) is 16.7. The fourth-order valence-electron chi connectivity index (χ4n) is 3.23. The first-order valence-corrected chi connectivity index (χ1v) is 9.25. The molecule has 7 heteroatoms. The highest BCUT2D eigenvalue weighted by Gasteiger charge is 2.25. The van der Waals surface area contributed by atoms with Crippen LogP contribution in [-0.2, 0) is 6.42 Å². The lowest BCUT2D eigenvalue weighted by Crippen LogP contribution is -2.44. The average molecular weight is 484 g/mol. The number of benzene rings is 1. The van der Waals surface area contributed by atoms with Crippen molar-refractivity contribution in [2.24, 2.45) is 4.99 Å². The Kier molecular flexibility index (Phi) is 8.77. The summed E-state index contributed by atoms with van der Waals surface area (Å²) in [5.74, 6) is 2.76. The molecule has 0 spiro atoms. The predicted octanol–water partition coefficient (Wildman–Crippen LogP) is 3.28. The summed E-state index contributed by atoms with van der Waals surface area (Å²) < 4.78 is 10.9.